The van der Waals surface area contributed by atoms with Crippen LogP contribution in [0.5, 0.6) is 0 Å². The van der Waals surface area contributed by atoms with Crippen molar-refractivity contribution < 1.29 is 27.8 Å². The fourth-order valence-electron chi connectivity index (χ4n) is 4.47. The van der Waals surface area contributed by atoms with Crippen molar-refractivity contribution in [3.05, 3.63) is 67.8 Å². The highest BCUT2D eigenvalue weighted by Crippen LogP contribution is 2.37. The van der Waals surface area contributed by atoms with Gasteiger partial charge in [0.25, 0.3) is 17.3 Å². The van der Waals surface area contributed by atoms with Crippen LogP contribution in [-0.2, 0) is 6.18 Å². The third kappa shape index (κ3) is 4.98. The maximum atomic E-state index is 13.0. The number of amides is 1. The van der Waals surface area contributed by atoms with Crippen LogP contribution in [0.2, 0.25) is 0 Å². The van der Waals surface area contributed by atoms with Crippen LogP contribution in [0.4, 0.5) is 35.9 Å². The molecule has 0 saturated carbocycles. The molecule has 13 heteroatoms. The van der Waals surface area contributed by atoms with E-state index in [1.165, 1.54) is 11.0 Å². The number of carbonyl (C=O) groups is 1. The van der Waals surface area contributed by atoms with Gasteiger partial charge in [-0.15, -0.1) is 0 Å². The van der Waals surface area contributed by atoms with Gasteiger partial charge in [0.2, 0.25) is 0 Å². The molecule has 2 saturated heterocycles. The molecule has 0 radical (unpaired) electrons. The molecule has 1 amide bonds. The Hall–Kier alpha value is -3.90. The first-order chi connectivity index (χ1) is 16.6. The molecule has 2 aromatic rings. The van der Waals surface area contributed by atoms with Crippen molar-refractivity contribution in [2.75, 3.05) is 49.1 Å². The normalized spacial score (nSPS) is 16.5. The van der Waals surface area contributed by atoms with Crippen molar-refractivity contribution in [3.8, 4) is 0 Å². The van der Waals surface area contributed by atoms with Gasteiger partial charge in [0.05, 0.1) is 15.4 Å². The maximum Gasteiger partial charge on any atom is 0.416 e. The molecule has 2 aromatic carbocycles. The van der Waals surface area contributed by atoms with Crippen molar-refractivity contribution in [1.29, 1.82) is 0 Å². The molecule has 0 unspecified atom stereocenters. The lowest BCUT2D eigenvalue weighted by Crippen LogP contribution is -2.49. The standard InChI is InChI=1S/C22H22F3N5O5/c23-22(24,25)16-4-6-18(20(14-16)30(34)35)27-9-11-28(12-10-27)21(31)15-3-5-17(19(13-15)29(32)33)26-7-1-2-8-26/h3-6,13-14H,1-2,7-12H2. The van der Waals surface area contributed by atoms with Crippen molar-refractivity contribution in [1.82, 2.24) is 4.90 Å². The summed E-state index contributed by atoms with van der Waals surface area (Å²) in [5.74, 6) is -0.414. The molecule has 0 spiro atoms. The van der Waals surface area contributed by atoms with E-state index in [2.05, 4.69) is 0 Å². The zero-order valence-electron chi connectivity index (χ0n) is 18.5. The van der Waals surface area contributed by atoms with Crippen molar-refractivity contribution in [3.63, 3.8) is 0 Å². The van der Waals surface area contributed by atoms with E-state index in [0.717, 1.165) is 25.0 Å². The molecule has 0 aliphatic carbocycles. The van der Waals surface area contributed by atoms with Gasteiger partial charge in [-0.05, 0) is 37.1 Å². The van der Waals surface area contributed by atoms with Crippen LogP contribution in [-0.4, -0.2) is 59.9 Å². The molecule has 2 aliphatic heterocycles. The molecular weight excluding hydrogens is 471 g/mol. The number of alkyl halides is 3. The minimum absolute atomic E-state index is 0.0423. The minimum Gasteiger partial charge on any atom is -0.366 e. The lowest BCUT2D eigenvalue weighted by molar-refractivity contribution is -0.384. The van der Waals surface area contributed by atoms with Gasteiger partial charge in [0.15, 0.2) is 0 Å². The molecule has 4 rings (SSSR count). The molecule has 0 aromatic heterocycles. The minimum atomic E-state index is -4.71. The van der Waals surface area contributed by atoms with Crippen molar-refractivity contribution >= 4 is 28.7 Å². The first-order valence-corrected chi connectivity index (χ1v) is 11.0. The quantitative estimate of drug-likeness (QED) is 0.456. The second-order valence-electron chi connectivity index (χ2n) is 8.39. The number of hydrogen-bond acceptors (Lipinski definition) is 7. The Morgan fingerprint density at radius 3 is 1.83 bits per heavy atom. The molecule has 186 valence electrons. The maximum absolute atomic E-state index is 13.0. The van der Waals surface area contributed by atoms with Crippen LogP contribution in [0.15, 0.2) is 36.4 Å². The number of piperazine rings is 1. The molecule has 0 bridgehead atoms. The molecule has 2 fully saturated rings. The van der Waals surface area contributed by atoms with E-state index in [4.69, 9.17) is 0 Å². The van der Waals surface area contributed by atoms with Gasteiger partial charge in [-0.3, -0.25) is 25.0 Å². The second kappa shape index (κ2) is 9.39. The highest BCUT2D eigenvalue weighted by Gasteiger charge is 2.35. The van der Waals surface area contributed by atoms with E-state index in [0.29, 0.717) is 24.8 Å². The lowest BCUT2D eigenvalue weighted by Gasteiger charge is -2.36. The number of benzene rings is 2. The molecule has 2 aliphatic rings. The van der Waals surface area contributed by atoms with Gasteiger partial charge < -0.3 is 14.7 Å². The summed E-state index contributed by atoms with van der Waals surface area (Å²) in [6.45, 7) is 2.05. The Kier molecular flexibility index (Phi) is 6.50. The number of hydrogen-bond donors (Lipinski definition) is 0. The Balaban J connectivity index is 1.49. The fourth-order valence-corrected chi connectivity index (χ4v) is 4.47. The number of rotatable bonds is 5. The van der Waals surface area contributed by atoms with Crippen LogP contribution in [0.1, 0.15) is 28.8 Å². The fraction of sp³-hybridized carbons (Fsp3) is 0.409. The summed E-state index contributed by atoms with van der Waals surface area (Å²) in [5, 5.41) is 23.0. The van der Waals surface area contributed by atoms with Crippen LogP contribution in [0, 0.1) is 20.2 Å². The average molecular weight is 493 g/mol. The van der Waals surface area contributed by atoms with E-state index in [-0.39, 0.29) is 43.1 Å². The highest BCUT2D eigenvalue weighted by molar-refractivity contribution is 5.96. The summed E-state index contributed by atoms with van der Waals surface area (Å²) in [7, 11) is 0. The number of halogens is 3. The number of nitro groups is 2. The third-order valence-corrected chi connectivity index (χ3v) is 6.27. The first-order valence-electron chi connectivity index (χ1n) is 11.0. The molecule has 35 heavy (non-hydrogen) atoms. The van der Waals surface area contributed by atoms with Crippen LogP contribution in [0.25, 0.3) is 0 Å². The summed E-state index contributed by atoms with van der Waals surface area (Å²) in [6.07, 6.45) is -2.82. The zero-order valence-corrected chi connectivity index (χ0v) is 18.5. The van der Waals surface area contributed by atoms with Crippen LogP contribution >= 0.6 is 0 Å². The number of carbonyl (C=O) groups excluding carboxylic acids is 1. The van der Waals surface area contributed by atoms with E-state index in [9.17, 15) is 38.2 Å². The van der Waals surface area contributed by atoms with Gasteiger partial charge in [-0.25, -0.2) is 0 Å². The van der Waals surface area contributed by atoms with Crippen LogP contribution in [0.3, 0.4) is 0 Å². The van der Waals surface area contributed by atoms with E-state index in [1.54, 1.807) is 17.0 Å². The molecule has 0 atom stereocenters. The summed E-state index contributed by atoms with van der Waals surface area (Å²) >= 11 is 0. The molecule has 10 nitrogen and oxygen atoms in total. The molecular formula is C22H22F3N5O5. The van der Waals surface area contributed by atoms with Gasteiger partial charge in [-0.2, -0.15) is 13.2 Å². The first kappa shape index (κ1) is 24.2. The lowest BCUT2D eigenvalue weighted by atomic mass is 10.1. The topological polar surface area (TPSA) is 113 Å². The third-order valence-electron chi connectivity index (χ3n) is 6.27. The SMILES string of the molecule is O=C(c1ccc(N2CCCC2)c([N+](=O)[O-])c1)N1CCN(c2ccc(C(F)(F)F)cc2[N+](=O)[O-])CC1. The van der Waals surface area contributed by atoms with Gasteiger partial charge in [0, 0.05) is 57.0 Å². The summed E-state index contributed by atoms with van der Waals surface area (Å²) in [5.41, 5.74) is -1.23. The highest BCUT2D eigenvalue weighted by atomic mass is 19.4. The van der Waals surface area contributed by atoms with E-state index in [1.807, 2.05) is 4.90 Å². The smallest absolute Gasteiger partial charge is 0.366 e. The van der Waals surface area contributed by atoms with E-state index >= 15 is 0 Å². The van der Waals surface area contributed by atoms with Gasteiger partial charge in [0.1, 0.15) is 11.4 Å². The molecule has 0 N–H and O–H groups in total. The summed E-state index contributed by atoms with van der Waals surface area (Å²) in [6, 6.07) is 6.77. The summed E-state index contributed by atoms with van der Waals surface area (Å²) < 4.78 is 38.9. The predicted molar refractivity (Wildman–Crippen MR) is 121 cm³/mol. The number of nitrogens with zero attached hydrogens (tertiary/aromatic N) is 5. The Morgan fingerprint density at radius 1 is 0.771 bits per heavy atom. The van der Waals surface area contributed by atoms with Crippen molar-refractivity contribution in [2.24, 2.45) is 0 Å². The van der Waals surface area contributed by atoms with Crippen molar-refractivity contribution in [2.45, 2.75) is 19.0 Å². The van der Waals surface area contributed by atoms with E-state index < -0.39 is 33.2 Å². The number of nitro benzene ring substituents is 2. The molecule has 2 heterocycles. The Bertz CT molecular complexity index is 1160. The Labute approximate surface area is 197 Å². The summed E-state index contributed by atoms with van der Waals surface area (Å²) in [4.78, 5) is 39.6. The zero-order chi connectivity index (χ0) is 25.3. The monoisotopic (exact) mass is 493 g/mol. The number of anilines is 2. The Morgan fingerprint density at radius 2 is 1.29 bits per heavy atom. The van der Waals surface area contributed by atoms with Crippen LogP contribution < -0.4 is 9.80 Å². The predicted octanol–water partition coefficient (Wildman–Crippen LogP) is 4.08. The largest absolute Gasteiger partial charge is 0.416 e. The van der Waals surface area contributed by atoms with Gasteiger partial charge in [-0.1, -0.05) is 0 Å². The second-order valence-corrected chi connectivity index (χ2v) is 8.39. The average Bonchev–Trinajstić information content (AvgIpc) is 3.37. The van der Waals surface area contributed by atoms with Gasteiger partial charge >= 0.3 is 6.18 Å².